The van der Waals surface area contributed by atoms with Crippen LogP contribution in [0.25, 0.3) is 0 Å². The molecule has 1 aliphatic rings. The van der Waals surface area contributed by atoms with Crippen molar-refractivity contribution < 1.29 is 17.7 Å². The lowest BCUT2D eigenvalue weighted by Crippen LogP contribution is -2.32. The molecule has 1 amide bonds. The highest BCUT2D eigenvalue weighted by atomic mass is 32.2. The van der Waals surface area contributed by atoms with Crippen molar-refractivity contribution in [2.75, 3.05) is 28.0 Å². The van der Waals surface area contributed by atoms with Crippen molar-refractivity contribution >= 4 is 33.2 Å². The normalized spacial score (nSPS) is 15.8. The first-order chi connectivity index (χ1) is 10.3. The quantitative estimate of drug-likeness (QED) is 0.901. The van der Waals surface area contributed by atoms with E-state index in [4.69, 9.17) is 4.52 Å². The fraction of sp³-hybridized carbons (Fsp3) is 0.231. The molecule has 0 radical (unpaired) electrons. The molecule has 0 aliphatic carbocycles. The number of benzene rings is 1. The summed E-state index contributed by atoms with van der Waals surface area (Å²) in [5, 5.41) is 6.30. The van der Waals surface area contributed by atoms with Gasteiger partial charge in [0.15, 0.2) is 5.69 Å². The predicted molar refractivity (Wildman–Crippen MR) is 81.4 cm³/mol. The summed E-state index contributed by atoms with van der Waals surface area (Å²) in [5.74, 6) is 0.111. The van der Waals surface area contributed by atoms with Crippen LogP contribution in [0.15, 0.2) is 28.8 Å². The lowest BCUT2D eigenvalue weighted by molar-refractivity contribution is 0.101. The third kappa shape index (κ3) is 2.10. The SMILES string of the molecule is Cc1cc(C(=O)Nc2ccc3c(c2)N(C)S(=O)(=O)N3C)no1. The standard InChI is InChI=1S/C13H14N4O4S/c1-8-6-10(15-21-8)13(18)14-9-4-5-11-12(7-9)17(3)22(19,20)16(11)2/h4-7H,1-3H3,(H,14,18). The second kappa shape index (κ2) is 4.73. The molecule has 9 heteroatoms. The van der Waals surface area contributed by atoms with Crippen molar-refractivity contribution in [3.05, 3.63) is 35.7 Å². The minimum atomic E-state index is -3.53. The summed E-state index contributed by atoms with van der Waals surface area (Å²) >= 11 is 0. The number of rotatable bonds is 2. The fourth-order valence-corrected chi connectivity index (χ4v) is 3.39. The number of nitrogens with zero attached hydrogens (tertiary/aromatic N) is 3. The molecule has 0 saturated heterocycles. The van der Waals surface area contributed by atoms with Crippen molar-refractivity contribution in [2.24, 2.45) is 0 Å². The maximum Gasteiger partial charge on any atom is 0.326 e. The van der Waals surface area contributed by atoms with E-state index in [1.807, 2.05) is 0 Å². The van der Waals surface area contributed by atoms with Crippen molar-refractivity contribution in [3.63, 3.8) is 0 Å². The number of carbonyl (C=O) groups excluding carboxylic acids is 1. The molecule has 0 spiro atoms. The Morgan fingerprint density at radius 3 is 2.50 bits per heavy atom. The van der Waals surface area contributed by atoms with Crippen molar-refractivity contribution in [1.29, 1.82) is 0 Å². The number of nitrogens with one attached hydrogen (secondary N) is 1. The van der Waals surface area contributed by atoms with Gasteiger partial charge in [0, 0.05) is 25.8 Å². The van der Waals surface area contributed by atoms with Crippen LogP contribution < -0.4 is 13.9 Å². The topological polar surface area (TPSA) is 95.8 Å². The molecule has 1 aromatic heterocycles. The summed E-state index contributed by atoms with van der Waals surface area (Å²) in [6.07, 6.45) is 0. The van der Waals surface area contributed by atoms with E-state index in [9.17, 15) is 13.2 Å². The summed E-state index contributed by atoms with van der Waals surface area (Å²) in [6.45, 7) is 1.69. The van der Waals surface area contributed by atoms with Gasteiger partial charge in [0.05, 0.1) is 11.4 Å². The molecule has 1 aromatic carbocycles. The molecule has 0 fully saturated rings. The number of fused-ring (bicyclic) bond motifs is 1. The first-order valence-electron chi connectivity index (χ1n) is 6.42. The molecule has 2 heterocycles. The molecule has 1 N–H and O–H groups in total. The van der Waals surface area contributed by atoms with Crippen LogP contribution in [-0.2, 0) is 10.2 Å². The number of hydrogen-bond donors (Lipinski definition) is 1. The van der Waals surface area contributed by atoms with Crippen LogP contribution >= 0.6 is 0 Å². The van der Waals surface area contributed by atoms with Gasteiger partial charge in [-0.2, -0.15) is 8.42 Å². The Hall–Kier alpha value is -2.55. The van der Waals surface area contributed by atoms with Gasteiger partial charge in [-0.25, -0.2) is 0 Å². The van der Waals surface area contributed by atoms with Crippen LogP contribution in [0.1, 0.15) is 16.2 Å². The predicted octanol–water partition coefficient (Wildman–Crippen LogP) is 1.37. The van der Waals surface area contributed by atoms with E-state index >= 15 is 0 Å². The number of carbonyl (C=O) groups is 1. The highest BCUT2D eigenvalue weighted by molar-refractivity contribution is 7.94. The maximum absolute atomic E-state index is 12.0. The smallest absolute Gasteiger partial charge is 0.326 e. The van der Waals surface area contributed by atoms with Gasteiger partial charge in [-0.1, -0.05) is 5.16 Å². The van der Waals surface area contributed by atoms with Gasteiger partial charge in [0.1, 0.15) is 5.76 Å². The van der Waals surface area contributed by atoms with Crippen LogP contribution in [0.2, 0.25) is 0 Å². The Morgan fingerprint density at radius 2 is 1.86 bits per heavy atom. The minimum Gasteiger partial charge on any atom is -0.361 e. The molecule has 116 valence electrons. The second-order valence-electron chi connectivity index (χ2n) is 4.92. The molecule has 22 heavy (non-hydrogen) atoms. The largest absolute Gasteiger partial charge is 0.361 e. The molecule has 3 rings (SSSR count). The highest BCUT2D eigenvalue weighted by Gasteiger charge is 2.35. The third-order valence-electron chi connectivity index (χ3n) is 3.46. The number of anilines is 3. The van der Waals surface area contributed by atoms with Crippen LogP contribution in [0.5, 0.6) is 0 Å². The number of hydrogen-bond acceptors (Lipinski definition) is 5. The molecule has 0 atom stereocenters. The van der Waals surface area contributed by atoms with E-state index in [0.29, 0.717) is 22.8 Å². The Labute approximate surface area is 127 Å². The van der Waals surface area contributed by atoms with Crippen LogP contribution in [-0.4, -0.2) is 33.6 Å². The molecule has 0 bridgehead atoms. The van der Waals surface area contributed by atoms with Crippen LogP contribution in [0.3, 0.4) is 0 Å². The van der Waals surface area contributed by atoms with E-state index in [1.54, 1.807) is 25.1 Å². The van der Waals surface area contributed by atoms with Gasteiger partial charge < -0.3 is 9.84 Å². The summed E-state index contributed by atoms with van der Waals surface area (Å²) in [6, 6.07) is 6.39. The van der Waals surface area contributed by atoms with E-state index in [-0.39, 0.29) is 5.69 Å². The molecular weight excluding hydrogens is 308 g/mol. The van der Waals surface area contributed by atoms with Crippen LogP contribution in [0.4, 0.5) is 17.1 Å². The van der Waals surface area contributed by atoms with Gasteiger partial charge in [-0.05, 0) is 25.1 Å². The maximum atomic E-state index is 12.0. The Balaban J connectivity index is 1.90. The van der Waals surface area contributed by atoms with Gasteiger partial charge in [0.2, 0.25) is 0 Å². The summed E-state index contributed by atoms with van der Waals surface area (Å²) in [5.41, 5.74) is 1.69. The fourth-order valence-electron chi connectivity index (χ4n) is 2.22. The Morgan fingerprint density at radius 1 is 1.18 bits per heavy atom. The van der Waals surface area contributed by atoms with Crippen molar-refractivity contribution in [1.82, 2.24) is 5.16 Å². The minimum absolute atomic E-state index is 0.163. The highest BCUT2D eigenvalue weighted by Crippen LogP contribution is 2.40. The molecule has 0 unspecified atom stereocenters. The second-order valence-corrected chi connectivity index (χ2v) is 6.91. The average molecular weight is 322 g/mol. The van der Waals surface area contributed by atoms with Crippen molar-refractivity contribution in [2.45, 2.75) is 6.92 Å². The van der Waals surface area contributed by atoms with Gasteiger partial charge in [-0.3, -0.25) is 13.4 Å². The Bertz CT molecular complexity index is 859. The first kappa shape index (κ1) is 14.4. The number of aromatic nitrogens is 1. The Kier molecular flexibility index (Phi) is 3.10. The zero-order valence-electron chi connectivity index (χ0n) is 12.2. The van der Waals surface area contributed by atoms with E-state index in [1.165, 1.54) is 24.5 Å². The van der Waals surface area contributed by atoms with Gasteiger partial charge >= 0.3 is 10.2 Å². The zero-order valence-corrected chi connectivity index (χ0v) is 13.0. The molecule has 0 saturated carbocycles. The summed E-state index contributed by atoms with van der Waals surface area (Å²) < 4.78 is 31.3. The third-order valence-corrected chi connectivity index (χ3v) is 5.24. The summed E-state index contributed by atoms with van der Waals surface area (Å²) in [7, 11) is -0.587. The molecule has 1 aliphatic heterocycles. The number of amides is 1. The average Bonchev–Trinajstić information content (AvgIpc) is 2.97. The molecule has 8 nitrogen and oxygen atoms in total. The lowest BCUT2D eigenvalue weighted by atomic mass is 10.2. The van der Waals surface area contributed by atoms with Crippen LogP contribution in [0, 0.1) is 6.92 Å². The van der Waals surface area contributed by atoms with E-state index < -0.39 is 16.1 Å². The van der Waals surface area contributed by atoms with Gasteiger partial charge in [0.25, 0.3) is 5.91 Å². The molecular formula is C13H14N4O4S. The van der Waals surface area contributed by atoms with Gasteiger partial charge in [-0.15, -0.1) is 0 Å². The lowest BCUT2D eigenvalue weighted by Gasteiger charge is -2.13. The zero-order chi connectivity index (χ0) is 16.1. The first-order valence-corrected chi connectivity index (χ1v) is 7.82. The number of aryl methyl sites for hydroxylation is 1. The van der Waals surface area contributed by atoms with E-state index in [2.05, 4.69) is 10.5 Å². The summed E-state index contributed by atoms with van der Waals surface area (Å²) in [4.78, 5) is 12.0. The van der Waals surface area contributed by atoms with E-state index in [0.717, 1.165) is 4.31 Å². The monoisotopic (exact) mass is 322 g/mol. The van der Waals surface area contributed by atoms with Crippen molar-refractivity contribution in [3.8, 4) is 0 Å². The molecule has 2 aromatic rings.